The van der Waals surface area contributed by atoms with E-state index in [1.54, 1.807) is 0 Å². The van der Waals surface area contributed by atoms with Crippen LogP contribution in [-0.4, -0.2) is 27.5 Å². The Bertz CT molecular complexity index is 604. The minimum absolute atomic E-state index is 0.0127. The molecule has 0 aliphatic carbocycles. The minimum atomic E-state index is -3.65. The normalized spacial score (nSPS) is 19.9. The monoisotopic (exact) mass is 299 g/mol. The molecule has 1 atom stereocenters. The Kier molecular flexibility index (Phi) is 4.42. The van der Waals surface area contributed by atoms with Gasteiger partial charge in [-0.2, -0.15) is 5.26 Å². The van der Waals surface area contributed by atoms with Crippen molar-refractivity contribution >= 4 is 21.6 Å². The van der Waals surface area contributed by atoms with Crippen LogP contribution in [0.1, 0.15) is 18.4 Å². The predicted molar refractivity (Wildman–Crippen MR) is 72.4 cm³/mol. The number of piperidine rings is 1. The lowest BCUT2D eigenvalue weighted by molar-refractivity contribution is 0.428. The molecule has 1 fully saturated rings. The summed E-state index contributed by atoms with van der Waals surface area (Å²) in [5.41, 5.74) is 0.336. The molecular formula is C12H14ClN3O2S. The molecule has 19 heavy (non-hydrogen) atoms. The first kappa shape index (κ1) is 14.3. The molecule has 1 saturated heterocycles. The van der Waals surface area contributed by atoms with Gasteiger partial charge >= 0.3 is 0 Å². The molecule has 0 saturated carbocycles. The summed E-state index contributed by atoms with van der Waals surface area (Å²) in [6.07, 6.45) is 1.74. The molecule has 1 aromatic carbocycles. The SMILES string of the molecule is N#Cc1ccc(S(=O)(=O)N[C@H]2CCCNC2)c(Cl)c1. The van der Waals surface area contributed by atoms with E-state index in [0.717, 1.165) is 19.4 Å². The molecule has 0 spiro atoms. The zero-order valence-corrected chi connectivity index (χ0v) is 11.8. The number of sulfonamides is 1. The van der Waals surface area contributed by atoms with Crippen molar-refractivity contribution in [2.45, 2.75) is 23.8 Å². The Hall–Kier alpha value is -1.13. The van der Waals surface area contributed by atoms with Gasteiger partial charge in [0.1, 0.15) is 4.90 Å². The molecule has 0 bridgehead atoms. The van der Waals surface area contributed by atoms with Crippen molar-refractivity contribution in [3.63, 3.8) is 0 Å². The third kappa shape index (κ3) is 3.45. The molecule has 1 aliphatic heterocycles. The van der Waals surface area contributed by atoms with Gasteiger partial charge in [-0.25, -0.2) is 13.1 Å². The van der Waals surface area contributed by atoms with Crippen LogP contribution in [0.3, 0.4) is 0 Å². The summed E-state index contributed by atoms with van der Waals surface area (Å²) in [4.78, 5) is 0.0127. The molecule has 0 amide bonds. The van der Waals surface area contributed by atoms with Crippen molar-refractivity contribution in [3.8, 4) is 6.07 Å². The number of hydrogen-bond donors (Lipinski definition) is 2. The highest BCUT2D eigenvalue weighted by Crippen LogP contribution is 2.23. The molecule has 1 aliphatic rings. The zero-order valence-electron chi connectivity index (χ0n) is 10.2. The second-order valence-corrected chi connectivity index (χ2v) is 6.51. The number of nitrogens with one attached hydrogen (secondary N) is 2. The summed E-state index contributed by atoms with van der Waals surface area (Å²) in [6.45, 7) is 1.53. The van der Waals surface area contributed by atoms with Gasteiger partial charge in [-0.05, 0) is 37.6 Å². The van der Waals surface area contributed by atoms with Crippen molar-refractivity contribution in [3.05, 3.63) is 28.8 Å². The number of halogens is 1. The quantitative estimate of drug-likeness (QED) is 0.880. The summed E-state index contributed by atoms with van der Waals surface area (Å²) >= 11 is 5.92. The van der Waals surface area contributed by atoms with Gasteiger partial charge in [0, 0.05) is 12.6 Å². The number of nitrogens with zero attached hydrogens (tertiary/aromatic N) is 1. The Morgan fingerprint density at radius 3 is 2.84 bits per heavy atom. The van der Waals surface area contributed by atoms with E-state index < -0.39 is 10.0 Å². The van der Waals surface area contributed by atoms with Gasteiger partial charge in [0.15, 0.2) is 0 Å². The third-order valence-electron chi connectivity index (χ3n) is 2.97. The van der Waals surface area contributed by atoms with Crippen LogP contribution >= 0.6 is 11.6 Å². The number of hydrogen-bond acceptors (Lipinski definition) is 4. The lowest BCUT2D eigenvalue weighted by Gasteiger charge is -2.23. The molecule has 0 unspecified atom stereocenters. The third-order valence-corrected chi connectivity index (χ3v) is 4.97. The number of benzene rings is 1. The van der Waals surface area contributed by atoms with Crippen LogP contribution in [0.25, 0.3) is 0 Å². The Balaban J connectivity index is 2.22. The summed E-state index contributed by atoms with van der Waals surface area (Å²) in [5, 5.41) is 11.9. The Morgan fingerprint density at radius 2 is 2.26 bits per heavy atom. The smallest absolute Gasteiger partial charge is 0.242 e. The van der Waals surface area contributed by atoms with Crippen LogP contribution in [-0.2, 0) is 10.0 Å². The second kappa shape index (κ2) is 5.88. The molecule has 0 radical (unpaired) electrons. The lowest BCUT2D eigenvalue weighted by atomic mass is 10.1. The number of rotatable bonds is 3. The molecule has 5 nitrogen and oxygen atoms in total. The Labute approximate surface area is 117 Å². The predicted octanol–water partition coefficient (Wildman–Crippen LogP) is 1.24. The summed E-state index contributed by atoms with van der Waals surface area (Å²) in [7, 11) is -3.65. The van der Waals surface area contributed by atoms with Crippen LogP contribution in [0.15, 0.2) is 23.1 Å². The van der Waals surface area contributed by atoms with E-state index in [1.165, 1.54) is 18.2 Å². The van der Waals surface area contributed by atoms with Crippen molar-refractivity contribution in [1.29, 1.82) is 5.26 Å². The van der Waals surface area contributed by atoms with Gasteiger partial charge in [-0.1, -0.05) is 11.6 Å². The maximum Gasteiger partial charge on any atom is 0.242 e. The highest BCUT2D eigenvalue weighted by Gasteiger charge is 2.23. The molecule has 1 aromatic rings. The van der Waals surface area contributed by atoms with Crippen molar-refractivity contribution in [1.82, 2.24) is 10.0 Å². The first-order valence-electron chi connectivity index (χ1n) is 5.95. The fourth-order valence-corrected chi connectivity index (χ4v) is 3.84. The summed E-state index contributed by atoms with van der Waals surface area (Å²) < 4.78 is 27.1. The highest BCUT2D eigenvalue weighted by atomic mass is 35.5. The molecule has 1 heterocycles. The Morgan fingerprint density at radius 1 is 1.47 bits per heavy atom. The molecule has 7 heteroatoms. The van der Waals surface area contributed by atoms with Crippen LogP contribution < -0.4 is 10.0 Å². The maximum absolute atomic E-state index is 12.2. The molecule has 102 valence electrons. The van der Waals surface area contributed by atoms with E-state index in [0.29, 0.717) is 12.1 Å². The average Bonchev–Trinajstić information content (AvgIpc) is 2.38. The zero-order chi connectivity index (χ0) is 13.9. The van der Waals surface area contributed by atoms with Gasteiger partial charge in [-0.15, -0.1) is 0 Å². The molecule has 2 N–H and O–H groups in total. The first-order valence-corrected chi connectivity index (χ1v) is 7.82. The van der Waals surface area contributed by atoms with Gasteiger partial charge in [0.05, 0.1) is 16.7 Å². The highest BCUT2D eigenvalue weighted by molar-refractivity contribution is 7.89. The largest absolute Gasteiger partial charge is 0.315 e. The van der Waals surface area contributed by atoms with Gasteiger partial charge in [0.2, 0.25) is 10.0 Å². The maximum atomic E-state index is 12.2. The van der Waals surface area contributed by atoms with Crippen molar-refractivity contribution in [2.24, 2.45) is 0 Å². The lowest BCUT2D eigenvalue weighted by Crippen LogP contribution is -2.45. The van der Waals surface area contributed by atoms with Crippen LogP contribution in [0.2, 0.25) is 5.02 Å². The van der Waals surface area contributed by atoms with E-state index >= 15 is 0 Å². The standard InChI is InChI=1S/C12H14ClN3O2S/c13-11-6-9(7-14)3-4-12(11)19(17,18)16-10-2-1-5-15-8-10/h3-4,6,10,15-16H,1-2,5,8H2/t10-/m0/s1. The average molecular weight is 300 g/mol. The first-order chi connectivity index (χ1) is 9.03. The molecule has 2 rings (SSSR count). The van der Waals surface area contributed by atoms with E-state index in [2.05, 4.69) is 10.0 Å². The van der Waals surface area contributed by atoms with Gasteiger partial charge < -0.3 is 5.32 Å². The summed E-state index contributed by atoms with van der Waals surface area (Å²) in [5.74, 6) is 0. The van der Waals surface area contributed by atoms with E-state index in [4.69, 9.17) is 16.9 Å². The molecular weight excluding hydrogens is 286 g/mol. The minimum Gasteiger partial charge on any atom is -0.315 e. The van der Waals surface area contributed by atoms with E-state index in [1.807, 2.05) is 6.07 Å². The fourth-order valence-electron chi connectivity index (χ4n) is 2.02. The van der Waals surface area contributed by atoms with Crippen molar-refractivity contribution in [2.75, 3.05) is 13.1 Å². The second-order valence-electron chi connectivity index (χ2n) is 4.42. The number of nitriles is 1. The molecule has 0 aromatic heterocycles. The van der Waals surface area contributed by atoms with Crippen LogP contribution in [0.4, 0.5) is 0 Å². The van der Waals surface area contributed by atoms with Gasteiger partial charge in [0.25, 0.3) is 0 Å². The van der Waals surface area contributed by atoms with Crippen LogP contribution in [0, 0.1) is 11.3 Å². The van der Waals surface area contributed by atoms with E-state index in [-0.39, 0.29) is 16.0 Å². The summed E-state index contributed by atoms with van der Waals surface area (Å²) in [6, 6.07) is 5.96. The van der Waals surface area contributed by atoms with Crippen molar-refractivity contribution < 1.29 is 8.42 Å². The van der Waals surface area contributed by atoms with Crippen LogP contribution in [0.5, 0.6) is 0 Å². The van der Waals surface area contributed by atoms with E-state index in [9.17, 15) is 8.42 Å². The topological polar surface area (TPSA) is 82.0 Å². The fraction of sp³-hybridized carbons (Fsp3) is 0.417. The van der Waals surface area contributed by atoms with Gasteiger partial charge in [-0.3, -0.25) is 0 Å².